The maximum Gasteiger partial charge on any atom is 0.308 e. The normalized spacial score (nSPS) is 12.1. The number of nitrogens with two attached hydrogens (primary N) is 1. The summed E-state index contributed by atoms with van der Waals surface area (Å²) >= 11 is 0. The highest BCUT2D eigenvalue weighted by atomic mass is 16.6. The Balaban J connectivity index is 2.49. The molecular formula is C13H20N4O3. The Hall–Kier alpha value is -2.31. The second kappa shape index (κ2) is 6.74. The second-order valence-corrected chi connectivity index (χ2v) is 5.18. The van der Waals surface area contributed by atoms with E-state index in [9.17, 15) is 4.79 Å². The molecule has 0 atom stereocenters. The number of nitrogens with zero attached hydrogens (tertiary/aromatic N) is 2. The van der Waals surface area contributed by atoms with Crippen LogP contribution in [0, 0.1) is 0 Å². The molecule has 0 fully saturated rings. The Morgan fingerprint density at radius 1 is 1.55 bits per heavy atom. The van der Waals surface area contributed by atoms with E-state index in [2.05, 4.69) is 15.5 Å². The lowest BCUT2D eigenvalue weighted by atomic mass is 10.2. The van der Waals surface area contributed by atoms with Crippen LogP contribution in [0.3, 0.4) is 0 Å². The van der Waals surface area contributed by atoms with Gasteiger partial charge in [0.15, 0.2) is 5.84 Å². The van der Waals surface area contributed by atoms with Gasteiger partial charge in [0, 0.05) is 18.3 Å². The summed E-state index contributed by atoms with van der Waals surface area (Å²) in [7, 11) is 0. The molecule has 0 aliphatic carbocycles. The number of hydrogen-bond acceptors (Lipinski definition) is 6. The number of carbonyl (C=O) groups is 1. The molecule has 0 aliphatic heterocycles. The van der Waals surface area contributed by atoms with Gasteiger partial charge in [-0.15, -0.1) is 0 Å². The zero-order chi connectivity index (χ0) is 15.2. The summed E-state index contributed by atoms with van der Waals surface area (Å²) in [5.74, 6) is 0.262. The van der Waals surface area contributed by atoms with Gasteiger partial charge in [-0.05, 0) is 32.9 Å². The van der Waals surface area contributed by atoms with Crippen molar-refractivity contribution >= 4 is 17.6 Å². The Morgan fingerprint density at radius 2 is 2.25 bits per heavy atom. The van der Waals surface area contributed by atoms with Gasteiger partial charge >= 0.3 is 5.97 Å². The summed E-state index contributed by atoms with van der Waals surface area (Å²) in [6.07, 6.45) is 1.76. The Kier molecular flexibility index (Phi) is 5.31. The predicted octanol–water partition coefficient (Wildman–Crippen LogP) is 1.32. The smallest absolute Gasteiger partial charge is 0.308 e. The highest BCUT2D eigenvalue weighted by molar-refractivity contribution is 5.97. The monoisotopic (exact) mass is 280 g/mol. The number of oxime groups is 1. The van der Waals surface area contributed by atoms with Crippen molar-refractivity contribution in [1.29, 1.82) is 0 Å². The summed E-state index contributed by atoms with van der Waals surface area (Å²) in [5.41, 5.74) is 5.54. The molecule has 7 nitrogen and oxygen atoms in total. The predicted molar refractivity (Wildman–Crippen MR) is 75.7 cm³/mol. The lowest BCUT2D eigenvalue weighted by Crippen LogP contribution is -2.25. The van der Waals surface area contributed by atoms with Gasteiger partial charge in [-0.2, -0.15) is 0 Å². The molecule has 1 rings (SSSR count). The van der Waals surface area contributed by atoms with Crippen molar-refractivity contribution in [2.45, 2.75) is 32.8 Å². The van der Waals surface area contributed by atoms with E-state index in [-0.39, 0.29) is 18.2 Å². The fourth-order valence-electron chi connectivity index (χ4n) is 1.43. The number of aromatic nitrogens is 1. The Bertz CT molecular complexity index is 495. The minimum Gasteiger partial charge on any atom is -0.460 e. The van der Waals surface area contributed by atoms with Crippen LogP contribution in [-0.4, -0.2) is 34.1 Å². The van der Waals surface area contributed by atoms with Crippen molar-refractivity contribution < 1.29 is 14.7 Å². The number of nitrogens with one attached hydrogen (secondary N) is 1. The number of hydrogen-bond donors (Lipinski definition) is 3. The van der Waals surface area contributed by atoms with E-state index >= 15 is 0 Å². The van der Waals surface area contributed by atoms with E-state index in [1.807, 2.05) is 20.8 Å². The molecule has 0 saturated carbocycles. The topological polar surface area (TPSA) is 110 Å². The van der Waals surface area contributed by atoms with E-state index in [1.54, 1.807) is 12.1 Å². The zero-order valence-corrected chi connectivity index (χ0v) is 11.9. The molecule has 0 aliphatic rings. The molecule has 0 radical (unpaired) electrons. The molecule has 0 saturated heterocycles. The number of pyridine rings is 1. The van der Waals surface area contributed by atoms with Crippen LogP contribution in [0.4, 0.5) is 5.82 Å². The fourth-order valence-corrected chi connectivity index (χ4v) is 1.43. The molecule has 0 bridgehead atoms. The standard InChI is InChI=1S/C13H20N4O3/c1-13(2,3)20-11(18)5-7-16-10-8-9(4-6-15-10)12(14)17-19/h4,6,8,19H,5,7H2,1-3H3,(H2,14,17)(H,15,16). The molecule has 110 valence electrons. The van der Waals surface area contributed by atoms with Gasteiger partial charge < -0.3 is 21.0 Å². The van der Waals surface area contributed by atoms with Crippen LogP contribution in [0.1, 0.15) is 32.8 Å². The van der Waals surface area contributed by atoms with E-state index in [1.165, 1.54) is 6.20 Å². The number of rotatable bonds is 5. The van der Waals surface area contributed by atoms with Gasteiger partial charge in [-0.25, -0.2) is 4.98 Å². The zero-order valence-electron chi connectivity index (χ0n) is 11.9. The first-order valence-electron chi connectivity index (χ1n) is 6.21. The molecule has 4 N–H and O–H groups in total. The third-order valence-electron chi connectivity index (χ3n) is 2.22. The summed E-state index contributed by atoms with van der Waals surface area (Å²) < 4.78 is 5.18. The molecule has 20 heavy (non-hydrogen) atoms. The van der Waals surface area contributed by atoms with Crippen LogP contribution >= 0.6 is 0 Å². The van der Waals surface area contributed by atoms with E-state index in [0.717, 1.165) is 0 Å². The number of anilines is 1. The van der Waals surface area contributed by atoms with Gasteiger partial charge in [0.1, 0.15) is 11.4 Å². The molecular weight excluding hydrogens is 260 g/mol. The fraction of sp³-hybridized carbons (Fsp3) is 0.462. The maximum absolute atomic E-state index is 11.5. The summed E-state index contributed by atoms with van der Waals surface area (Å²) in [4.78, 5) is 15.6. The summed E-state index contributed by atoms with van der Waals surface area (Å²) in [5, 5.41) is 14.5. The van der Waals surface area contributed by atoms with Gasteiger partial charge in [-0.3, -0.25) is 4.79 Å². The quantitative estimate of drug-likeness (QED) is 0.247. The number of carbonyl (C=O) groups excluding carboxylic acids is 1. The average Bonchev–Trinajstić information content (AvgIpc) is 2.36. The molecule has 1 aromatic heterocycles. The number of esters is 1. The third kappa shape index (κ3) is 5.55. The van der Waals surface area contributed by atoms with E-state index in [4.69, 9.17) is 15.7 Å². The highest BCUT2D eigenvalue weighted by Crippen LogP contribution is 2.09. The molecule has 0 amide bonds. The lowest BCUT2D eigenvalue weighted by molar-refractivity contribution is -0.154. The van der Waals surface area contributed by atoms with Gasteiger partial charge in [0.05, 0.1) is 6.42 Å². The van der Waals surface area contributed by atoms with Gasteiger partial charge in [0.2, 0.25) is 0 Å². The first kappa shape index (κ1) is 15.7. The van der Waals surface area contributed by atoms with Gasteiger partial charge in [-0.1, -0.05) is 5.16 Å². The van der Waals surface area contributed by atoms with E-state index in [0.29, 0.717) is 17.9 Å². The molecule has 0 unspecified atom stereocenters. The number of amidine groups is 1. The minimum atomic E-state index is -0.485. The molecule has 0 spiro atoms. The first-order valence-corrected chi connectivity index (χ1v) is 6.21. The molecule has 7 heteroatoms. The molecule has 1 heterocycles. The van der Waals surface area contributed by atoms with Crippen LogP contribution in [0.25, 0.3) is 0 Å². The lowest BCUT2D eigenvalue weighted by Gasteiger charge is -2.19. The van der Waals surface area contributed by atoms with Crippen LogP contribution in [-0.2, 0) is 9.53 Å². The average molecular weight is 280 g/mol. The van der Waals surface area contributed by atoms with Crippen LogP contribution in [0.5, 0.6) is 0 Å². The molecule has 1 aromatic rings. The first-order chi connectivity index (χ1) is 9.31. The van der Waals surface area contributed by atoms with Crippen molar-refractivity contribution in [1.82, 2.24) is 4.98 Å². The third-order valence-corrected chi connectivity index (χ3v) is 2.22. The Labute approximate surface area is 117 Å². The van der Waals surface area contributed by atoms with Crippen LogP contribution < -0.4 is 11.1 Å². The van der Waals surface area contributed by atoms with Gasteiger partial charge in [0.25, 0.3) is 0 Å². The second-order valence-electron chi connectivity index (χ2n) is 5.18. The SMILES string of the molecule is CC(C)(C)OC(=O)CCNc1cc(/C(N)=N/O)ccn1. The van der Waals surface area contributed by atoms with Crippen LogP contribution in [0.15, 0.2) is 23.5 Å². The highest BCUT2D eigenvalue weighted by Gasteiger charge is 2.15. The minimum absolute atomic E-state index is 0.00240. The summed E-state index contributed by atoms with van der Waals surface area (Å²) in [6, 6.07) is 3.25. The van der Waals surface area contributed by atoms with Crippen molar-refractivity contribution in [3.05, 3.63) is 23.9 Å². The Morgan fingerprint density at radius 3 is 2.85 bits per heavy atom. The molecule has 0 aromatic carbocycles. The number of ether oxygens (including phenoxy) is 1. The largest absolute Gasteiger partial charge is 0.460 e. The van der Waals surface area contributed by atoms with Crippen molar-refractivity contribution in [3.63, 3.8) is 0 Å². The van der Waals surface area contributed by atoms with Crippen molar-refractivity contribution in [2.75, 3.05) is 11.9 Å². The van der Waals surface area contributed by atoms with Crippen molar-refractivity contribution in [2.24, 2.45) is 10.9 Å². The van der Waals surface area contributed by atoms with Crippen LogP contribution in [0.2, 0.25) is 0 Å². The van der Waals surface area contributed by atoms with E-state index < -0.39 is 5.60 Å². The van der Waals surface area contributed by atoms with Crippen molar-refractivity contribution in [3.8, 4) is 0 Å². The summed E-state index contributed by atoms with van der Waals surface area (Å²) in [6.45, 7) is 5.85. The maximum atomic E-state index is 11.5.